The number of carbonyl (C=O) groups is 3. The fourth-order valence-corrected chi connectivity index (χ4v) is 5.31. The van der Waals surface area contributed by atoms with Gasteiger partial charge in [-0.2, -0.15) is 0 Å². The molecule has 0 radical (unpaired) electrons. The number of phenolic OH excluding ortho intramolecular Hbond substituents is 1. The van der Waals surface area contributed by atoms with Crippen LogP contribution in [0.3, 0.4) is 0 Å². The Balaban J connectivity index is 1.44. The second-order valence-electron chi connectivity index (χ2n) is 10.2. The van der Waals surface area contributed by atoms with Crippen LogP contribution in [-0.4, -0.2) is 82.2 Å². The summed E-state index contributed by atoms with van der Waals surface area (Å²) in [5.41, 5.74) is 2.36. The highest BCUT2D eigenvalue weighted by atomic mass is 19.1. The summed E-state index contributed by atoms with van der Waals surface area (Å²) in [5, 5.41) is 15.6. The van der Waals surface area contributed by atoms with E-state index in [1.165, 1.54) is 34.2 Å². The Morgan fingerprint density at radius 3 is 2.27 bits per heavy atom. The van der Waals surface area contributed by atoms with Gasteiger partial charge in [0.15, 0.2) is 0 Å². The quantitative estimate of drug-likeness (QED) is 0.460. The fourth-order valence-electron chi connectivity index (χ4n) is 5.31. The third-order valence-corrected chi connectivity index (χ3v) is 7.40. The molecule has 2 heterocycles. The van der Waals surface area contributed by atoms with Crippen LogP contribution in [0.1, 0.15) is 16.7 Å². The Hall–Kier alpha value is -4.64. The molecule has 0 bridgehead atoms. The van der Waals surface area contributed by atoms with Gasteiger partial charge in [-0.25, -0.2) is 19.2 Å². The maximum Gasteiger partial charge on any atom is 0.334 e. The molecule has 2 aliphatic heterocycles. The first kappa shape index (κ1) is 27.9. The maximum atomic E-state index is 13.9. The number of benzene rings is 3. The second-order valence-corrected chi connectivity index (χ2v) is 10.2. The van der Waals surface area contributed by atoms with E-state index in [0.29, 0.717) is 5.75 Å². The average molecular weight is 562 g/mol. The van der Waals surface area contributed by atoms with E-state index in [2.05, 4.69) is 5.32 Å². The normalized spacial score (nSPS) is 19.2. The molecule has 214 valence electrons. The molecule has 2 N–H and O–H groups in total. The third kappa shape index (κ3) is 6.09. The van der Waals surface area contributed by atoms with Gasteiger partial charge in [0.05, 0.1) is 20.2 Å². The summed E-state index contributed by atoms with van der Waals surface area (Å²) in [5.74, 6) is -0.0643. The summed E-state index contributed by atoms with van der Waals surface area (Å²) in [4.78, 5) is 44.1. The zero-order valence-electron chi connectivity index (χ0n) is 22.9. The fraction of sp³-hybridized carbons (Fsp3) is 0.300. The Morgan fingerprint density at radius 1 is 0.976 bits per heavy atom. The molecule has 10 nitrogen and oxygen atoms in total. The number of urea groups is 1. The molecule has 0 aromatic heterocycles. The lowest BCUT2D eigenvalue weighted by Crippen LogP contribution is -2.76. The molecular formula is C30H32FN5O5. The van der Waals surface area contributed by atoms with Gasteiger partial charge in [0, 0.05) is 26.6 Å². The van der Waals surface area contributed by atoms with E-state index < -0.39 is 18.2 Å². The Bertz CT molecular complexity index is 1400. The van der Waals surface area contributed by atoms with Gasteiger partial charge in [0.25, 0.3) is 0 Å². The highest BCUT2D eigenvalue weighted by Gasteiger charge is 2.50. The van der Waals surface area contributed by atoms with E-state index in [0.717, 1.165) is 16.7 Å². The minimum absolute atomic E-state index is 0.0850. The minimum atomic E-state index is -0.856. The molecule has 3 aromatic rings. The lowest BCUT2D eigenvalue weighted by atomic mass is 9.98. The van der Waals surface area contributed by atoms with Crippen molar-refractivity contribution in [3.63, 3.8) is 0 Å². The number of hydrazine groups is 1. The molecule has 5 rings (SSSR count). The van der Waals surface area contributed by atoms with E-state index in [4.69, 9.17) is 4.74 Å². The Kier molecular flexibility index (Phi) is 8.06. The first-order valence-corrected chi connectivity index (χ1v) is 13.3. The van der Waals surface area contributed by atoms with Gasteiger partial charge in [-0.15, -0.1) is 0 Å². The van der Waals surface area contributed by atoms with Crippen molar-refractivity contribution in [3.8, 4) is 11.5 Å². The number of nitrogens with one attached hydrogen (secondary N) is 1. The lowest BCUT2D eigenvalue weighted by Gasteiger charge is -2.54. The van der Waals surface area contributed by atoms with Crippen LogP contribution in [0.15, 0.2) is 72.8 Å². The van der Waals surface area contributed by atoms with Crippen LogP contribution in [-0.2, 0) is 29.1 Å². The van der Waals surface area contributed by atoms with E-state index in [-0.39, 0.29) is 56.0 Å². The largest absolute Gasteiger partial charge is 0.508 e. The van der Waals surface area contributed by atoms with Crippen LogP contribution in [0.2, 0.25) is 0 Å². The van der Waals surface area contributed by atoms with Crippen molar-refractivity contribution in [2.24, 2.45) is 0 Å². The van der Waals surface area contributed by atoms with Gasteiger partial charge in [0.2, 0.25) is 11.8 Å². The molecule has 3 aromatic carbocycles. The number of phenols is 1. The second kappa shape index (κ2) is 11.8. The van der Waals surface area contributed by atoms with Gasteiger partial charge >= 0.3 is 6.03 Å². The topological polar surface area (TPSA) is 106 Å². The Labute approximate surface area is 237 Å². The molecule has 2 fully saturated rings. The van der Waals surface area contributed by atoms with Gasteiger partial charge in [-0.05, 0) is 53.1 Å². The van der Waals surface area contributed by atoms with E-state index in [9.17, 15) is 23.9 Å². The Morgan fingerprint density at radius 2 is 1.61 bits per heavy atom. The van der Waals surface area contributed by atoms with Gasteiger partial charge in [-0.3, -0.25) is 9.59 Å². The number of hydrogen-bond donors (Lipinski definition) is 2. The molecule has 2 aliphatic rings. The first-order valence-electron chi connectivity index (χ1n) is 13.3. The standard InChI is InChI=1S/C30H32FN5O5/c1-33-19-28(38)35-26(15-20-5-11-24(37)12-6-20)29(39)34(17-22-7-13-25(41-2)14-8-22)18-27(35)36(33)30(40)32-16-21-3-9-23(31)10-4-21/h3-14,26-27,37H,15-19H2,1-2H3,(H,32,40)/t26-,27-/m0/s1. The number of likely N-dealkylation sites (N-methyl/N-ethyl adjacent to an activating group) is 1. The number of hydrogen-bond acceptors (Lipinski definition) is 6. The number of aromatic hydroxyl groups is 1. The smallest absolute Gasteiger partial charge is 0.334 e. The molecular weight excluding hydrogens is 529 g/mol. The van der Waals surface area contributed by atoms with Crippen LogP contribution in [0.25, 0.3) is 0 Å². The van der Waals surface area contributed by atoms with Crippen LogP contribution >= 0.6 is 0 Å². The maximum absolute atomic E-state index is 13.9. The summed E-state index contributed by atoms with van der Waals surface area (Å²) in [6.45, 7) is 0.465. The van der Waals surface area contributed by atoms with Gasteiger partial charge < -0.3 is 25.0 Å². The summed E-state index contributed by atoms with van der Waals surface area (Å²) in [6.07, 6.45) is -0.539. The zero-order valence-corrected chi connectivity index (χ0v) is 22.9. The van der Waals surface area contributed by atoms with Crippen LogP contribution in [0.5, 0.6) is 11.5 Å². The van der Waals surface area contributed by atoms with Gasteiger partial charge in [-0.1, -0.05) is 36.4 Å². The number of piperazine rings is 1. The highest BCUT2D eigenvalue weighted by molar-refractivity contribution is 5.91. The van der Waals surface area contributed by atoms with E-state index in [1.54, 1.807) is 48.3 Å². The number of methoxy groups -OCH3 is 1. The predicted molar refractivity (Wildman–Crippen MR) is 148 cm³/mol. The summed E-state index contributed by atoms with van der Waals surface area (Å²) in [7, 11) is 3.24. The lowest BCUT2D eigenvalue weighted by molar-refractivity contribution is -0.187. The molecule has 0 unspecified atom stereocenters. The number of carbonyl (C=O) groups excluding carboxylic acids is 3. The van der Waals surface area contributed by atoms with E-state index >= 15 is 0 Å². The average Bonchev–Trinajstić information content (AvgIpc) is 2.96. The van der Waals surface area contributed by atoms with Crippen molar-refractivity contribution >= 4 is 17.8 Å². The minimum Gasteiger partial charge on any atom is -0.508 e. The van der Waals surface area contributed by atoms with Crippen LogP contribution in [0.4, 0.5) is 9.18 Å². The molecule has 2 saturated heterocycles. The monoisotopic (exact) mass is 561 g/mol. The number of nitrogens with zero attached hydrogens (tertiary/aromatic N) is 4. The van der Waals surface area contributed by atoms with Crippen molar-refractivity contribution in [1.29, 1.82) is 0 Å². The highest BCUT2D eigenvalue weighted by Crippen LogP contribution is 2.29. The first-order chi connectivity index (χ1) is 19.7. The third-order valence-electron chi connectivity index (χ3n) is 7.40. The summed E-state index contributed by atoms with van der Waals surface area (Å²) >= 11 is 0. The predicted octanol–water partition coefficient (Wildman–Crippen LogP) is 2.72. The molecule has 4 amide bonds. The number of amides is 4. The van der Waals surface area contributed by atoms with Crippen molar-refractivity contribution in [1.82, 2.24) is 25.1 Å². The van der Waals surface area contributed by atoms with E-state index in [1.807, 2.05) is 24.3 Å². The molecule has 0 saturated carbocycles. The SMILES string of the molecule is COc1ccc(CN2C[C@H]3N(C(=O)CN(C)N3C(=O)NCc3ccc(F)cc3)[C@@H](Cc3ccc(O)cc3)C2=O)cc1. The van der Waals surface area contributed by atoms with Crippen molar-refractivity contribution < 1.29 is 28.6 Å². The number of ether oxygens (including phenoxy) is 1. The molecule has 11 heteroatoms. The van der Waals surface area contributed by atoms with Crippen molar-refractivity contribution in [2.45, 2.75) is 31.7 Å². The molecule has 0 spiro atoms. The molecule has 2 atom stereocenters. The van der Waals surface area contributed by atoms with Gasteiger partial charge in [0.1, 0.15) is 29.5 Å². The number of halogens is 1. The number of rotatable bonds is 7. The summed E-state index contributed by atoms with van der Waals surface area (Å²) < 4.78 is 18.6. The number of fused-ring (bicyclic) bond motifs is 1. The van der Waals surface area contributed by atoms with Crippen LogP contribution in [0, 0.1) is 5.82 Å². The van der Waals surface area contributed by atoms with Crippen LogP contribution < -0.4 is 10.1 Å². The van der Waals surface area contributed by atoms with Crippen molar-refractivity contribution in [3.05, 3.63) is 95.3 Å². The molecule has 41 heavy (non-hydrogen) atoms. The zero-order chi connectivity index (χ0) is 29.1. The molecule has 0 aliphatic carbocycles. The van der Waals surface area contributed by atoms with Crippen molar-refractivity contribution in [2.75, 3.05) is 27.2 Å². The summed E-state index contributed by atoms with van der Waals surface area (Å²) in [6, 6.07) is 18.4.